The van der Waals surface area contributed by atoms with Crippen molar-refractivity contribution in [1.29, 1.82) is 0 Å². The van der Waals surface area contributed by atoms with Gasteiger partial charge in [-0.1, -0.05) is 0 Å². The zero-order chi connectivity index (χ0) is 12.9. The predicted octanol–water partition coefficient (Wildman–Crippen LogP) is -5.11. The Hall–Kier alpha value is -0.335. The highest BCUT2D eigenvalue weighted by molar-refractivity contribution is 6.32. The average Bonchev–Trinajstić information content (AvgIpc) is 2.23. The van der Waals surface area contributed by atoms with Crippen molar-refractivity contribution >= 4 is 7.32 Å². The van der Waals surface area contributed by atoms with Gasteiger partial charge in [-0.3, -0.25) is 0 Å². The second kappa shape index (κ2) is 8.71. The Bertz CT molecular complexity index is 196. The molecular formula is C6H18BNO9. The van der Waals surface area contributed by atoms with E-state index in [0.717, 1.165) is 0 Å². The smallest absolute Gasteiger partial charge is 0.402 e. The number of rotatable bonds is 7. The molecule has 17 heavy (non-hydrogen) atoms. The van der Waals surface area contributed by atoms with E-state index in [1.165, 1.54) is 0 Å². The molecule has 1 unspecified atom stereocenters. The van der Waals surface area contributed by atoms with Crippen LogP contribution < -0.4 is 6.15 Å². The van der Waals surface area contributed by atoms with Gasteiger partial charge in [0.1, 0.15) is 24.4 Å². The lowest BCUT2D eigenvalue weighted by molar-refractivity contribution is -0.189. The molecule has 0 saturated carbocycles. The van der Waals surface area contributed by atoms with Crippen LogP contribution in [0.5, 0.6) is 0 Å². The summed E-state index contributed by atoms with van der Waals surface area (Å²) in [4.78, 5) is 0. The van der Waals surface area contributed by atoms with E-state index in [9.17, 15) is 5.11 Å². The van der Waals surface area contributed by atoms with E-state index in [2.05, 4.69) is 4.65 Å². The van der Waals surface area contributed by atoms with E-state index in [1.54, 1.807) is 0 Å². The van der Waals surface area contributed by atoms with Crippen LogP contribution in [0.1, 0.15) is 0 Å². The van der Waals surface area contributed by atoms with Gasteiger partial charge in [-0.2, -0.15) is 0 Å². The van der Waals surface area contributed by atoms with Crippen molar-refractivity contribution in [2.45, 2.75) is 30.7 Å². The molecule has 11 heteroatoms. The first-order chi connectivity index (χ1) is 7.31. The van der Waals surface area contributed by atoms with Gasteiger partial charge in [0.15, 0.2) is 6.29 Å². The summed E-state index contributed by atoms with van der Waals surface area (Å²) in [5.41, 5.74) is 0. The largest absolute Gasteiger partial charge is 0.635 e. The van der Waals surface area contributed by atoms with Crippen LogP contribution >= 0.6 is 0 Å². The highest BCUT2D eigenvalue weighted by atomic mass is 16.7. The number of aliphatic hydroxyl groups excluding tert-OH is 6. The molecule has 0 radical (unpaired) electrons. The SMILES string of the molecule is N.OC[C@@H](O)[C@@H](O)[C@H](O)[C@H](O)C(O)OB(O)O. The fourth-order valence-corrected chi connectivity index (χ4v) is 0.912. The van der Waals surface area contributed by atoms with Crippen LogP contribution in [0, 0.1) is 0 Å². The number of hydrogen-bond donors (Lipinski definition) is 9. The van der Waals surface area contributed by atoms with Crippen molar-refractivity contribution in [1.82, 2.24) is 6.15 Å². The Labute approximate surface area is 97.1 Å². The zero-order valence-electron chi connectivity index (χ0n) is 8.86. The van der Waals surface area contributed by atoms with Crippen molar-refractivity contribution in [3.63, 3.8) is 0 Å². The molecule has 0 amide bonds. The second-order valence-electron chi connectivity index (χ2n) is 3.07. The fourth-order valence-electron chi connectivity index (χ4n) is 0.912. The van der Waals surface area contributed by atoms with Crippen molar-refractivity contribution in [2.75, 3.05) is 6.61 Å². The van der Waals surface area contributed by atoms with Crippen LogP contribution in [-0.2, 0) is 4.65 Å². The minimum atomic E-state index is -2.38. The Kier molecular flexibility index (Phi) is 9.74. The highest BCUT2D eigenvalue weighted by Crippen LogP contribution is 2.09. The molecule has 0 aromatic carbocycles. The first-order valence-electron chi connectivity index (χ1n) is 4.34. The van der Waals surface area contributed by atoms with Crippen LogP contribution in [-0.4, -0.2) is 85.3 Å². The van der Waals surface area contributed by atoms with E-state index in [-0.39, 0.29) is 6.15 Å². The third-order valence-electron chi connectivity index (χ3n) is 1.83. The maximum absolute atomic E-state index is 9.20. The lowest BCUT2D eigenvalue weighted by Crippen LogP contribution is -2.51. The first kappa shape index (κ1) is 19.0. The van der Waals surface area contributed by atoms with Crippen LogP contribution in [0.2, 0.25) is 0 Å². The molecule has 0 aliphatic heterocycles. The summed E-state index contributed by atoms with van der Waals surface area (Å²) in [6.45, 7) is -0.871. The standard InChI is InChI=1S/C6H15BO9.H3N/c8-1-2(9)3(10)4(11)5(12)6(13)16-7(14)15;/h2-6,8-15H,1H2;1H3/t2-,3-,4+,5+,6?;/m1./s1. The quantitative estimate of drug-likeness (QED) is 0.157. The molecule has 0 aliphatic rings. The van der Waals surface area contributed by atoms with Crippen LogP contribution in [0.15, 0.2) is 0 Å². The molecular weight excluding hydrogens is 241 g/mol. The summed E-state index contributed by atoms with van der Waals surface area (Å²) in [5.74, 6) is 0. The number of hydrogen-bond acceptors (Lipinski definition) is 10. The summed E-state index contributed by atoms with van der Waals surface area (Å²) in [6.07, 6.45) is -9.99. The lowest BCUT2D eigenvalue weighted by Gasteiger charge is -2.28. The van der Waals surface area contributed by atoms with Crippen molar-refractivity contribution < 1.29 is 45.3 Å². The van der Waals surface area contributed by atoms with Gasteiger partial charge in [0.25, 0.3) is 0 Å². The van der Waals surface area contributed by atoms with Gasteiger partial charge in [-0.05, 0) is 0 Å². The predicted molar refractivity (Wildman–Crippen MR) is 53.4 cm³/mol. The van der Waals surface area contributed by atoms with Crippen LogP contribution in [0.25, 0.3) is 0 Å². The third-order valence-corrected chi connectivity index (χ3v) is 1.83. The molecule has 0 aliphatic carbocycles. The zero-order valence-corrected chi connectivity index (χ0v) is 8.86. The second-order valence-corrected chi connectivity index (χ2v) is 3.07. The monoisotopic (exact) mass is 259 g/mol. The molecule has 0 rings (SSSR count). The van der Waals surface area contributed by atoms with E-state index in [1.807, 2.05) is 0 Å². The van der Waals surface area contributed by atoms with Gasteiger partial charge in [0, 0.05) is 0 Å². The Morgan fingerprint density at radius 3 is 1.71 bits per heavy atom. The van der Waals surface area contributed by atoms with Gasteiger partial charge in [0.05, 0.1) is 6.61 Å². The van der Waals surface area contributed by atoms with E-state index in [0.29, 0.717) is 0 Å². The van der Waals surface area contributed by atoms with Crippen molar-refractivity contribution in [3.05, 3.63) is 0 Å². The minimum Gasteiger partial charge on any atom is -0.402 e. The molecule has 0 aromatic rings. The van der Waals surface area contributed by atoms with Gasteiger partial charge in [-0.15, -0.1) is 0 Å². The Balaban J connectivity index is 0. The molecule has 0 saturated heterocycles. The first-order valence-corrected chi connectivity index (χ1v) is 4.34. The Morgan fingerprint density at radius 2 is 1.35 bits per heavy atom. The summed E-state index contributed by atoms with van der Waals surface area (Å²) in [6, 6.07) is 0. The minimum absolute atomic E-state index is 0. The molecule has 0 heterocycles. The van der Waals surface area contributed by atoms with Gasteiger partial charge in [-0.25, -0.2) is 0 Å². The summed E-state index contributed by atoms with van der Waals surface area (Å²) >= 11 is 0. The van der Waals surface area contributed by atoms with Crippen LogP contribution in [0.4, 0.5) is 0 Å². The molecule has 10 nitrogen and oxygen atoms in total. The molecule has 5 atom stereocenters. The van der Waals surface area contributed by atoms with Gasteiger partial charge in [0.2, 0.25) is 0 Å². The molecule has 0 aromatic heterocycles. The number of aliphatic hydroxyl groups is 6. The molecule has 0 bridgehead atoms. The summed E-state index contributed by atoms with van der Waals surface area (Å²) < 4.78 is 3.90. The topological polar surface area (TPSA) is 206 Å². The molecule has 0 fully saturated rings. The molecule has 11 N–H and O–H groups in total. The Morgan fingerprint density at radius 1 is 0.882 bits per heavy atom. The van der Waals surface area contributed by atoms with E-state index < -0.39 is 44.6 Å². The molecule has 104 valence electrons. The van der Waals surface area contributed by atoms with Gasteiger partial charge < -0.3 is 51.5 Å². The lowest BCUT2D eigenvalue weighted by atomic mass is 10.0. The summed E-state index contributed by atoms with van der Waals surface area (Å²) in [7, 11) is -2.38. The average molecular weight is 259 g/mol. The van der Waals surface area contributed by atoms with Gasteiger partial charge >= 0.3 is 7.32 Å². The summed E-state index contributed by atoms with van der Waals surface area (Å²) in [5, 5.41) is 70.3. The fraction of sp³-hybridized carbons (Fsp3) is 1.00. The van der Waals surface area contributed by atoms with Crippen molar-refractivity contribution in [3.8, 4) is 0 Å². The normalized spacial score (nSPS) is 19.8. The third kappa shape index (κ3) is 6.23. The van der Waals surface area contributed by atoms with Crippen LogP contribution in [0.3, 0.4) is 0 Å². The van der Waals surface area contributed by atoms with Crippen molar-refractivity contribution in [2.24, 2.45) is 0 Å². The van der Waals surface area contributed by atoms with E-state index in [4.69, 9.17) is 35.6 Å². The maximum atomic E-state index is 9.20. The van der Waals surface area contributed by atoms with E-state index >= 15 is 0 Å². The highest BCUT2D eigenvalue weighted by Gasteiger charge is 2.35. The maximum Gasteiger partial charge on any atom is 0.635 e. The molecule has 0 spiro atoms.